The number of Topliss-reactive ketones (excluding diaryl/α,β-unsaturated/α-hetero) is 8. The molecule has 10 N–H and O–H groups in total. The largest absolute Gasteiger partial charge is 0.550 e. The monoisotopic (exact) mass is 1050 g/mol. The maximum absolute atomic E-state index is 14.8. The highest BCUT2D eigenvalue weighted by Crippen LogP contribution is 2.39. The molecule has 2 heterocycles. The standard InChI is InChI=1S/C59H88N4O12/c1-36(59(61)75)25-54(69)49-34-62-23-20-41(49)30-52(67)44(16-19-58(73)74)32-56(71)48-13-6-4-10-40(48)28-53(68)45(27-38-14-17-46(65)18-15-38)33-57(72)50-35-63-24-21-42(50)29-51(66)43(11-7-8-22-60)31-55(70)47-12-5-3-9-39(47)26-37(2)64/h14-15,17-18,36,39-45,47-50,62-63,65H,3-13,16,19-35,60H2,1-2H3,(H2,61,75)(H,73,74)/p+2/t36-,39?,40?,41?,42?,43-,44-,45-,47?,48?,49?,50?/m1/s1. The van der Waals surface area contributed by atoms with E-state index in [-0.39, 0.29) is 139 Å². The van der Waals surface area contributed by atoms with Crippen LogP contribution < -0.4 is 27.2 Å². The van der Waals surface area contributed by atoms with E-state index in [0.717, 1.165) is 70.0 Å². The molecule has 75 heavy (non-hydrogen) atoms. The van der Waals surface area contributed by atoms with Gasteiger partial charge in [-0.25, -0.2) is 0 Å². The number of unbranched alkanes of at least 4 members (excludes halogenated alkanes) is 1. The number of nitrogens with two attached hydrogens (primary N) is 3. The van der Waals surface area contributed by atoms with Crippen molar-refractivity contribution in [2.45, 2.75) is 168 Å². The Kier molecular flexibility index (Phi) is 25.1. The normalized spacial score (nSPS) is 25.7. The molecular formula is C59H90N4O12+2. The Labute approximate surface area is 444 Å². The molecule has 0 spiro atoms. The second-order valence-electron chi connectivity index (χ2n) is 23.4. The highest BCUT2D eigenvalue weighted by Gasteiger charge is 2.42. The lowest BCUT2D eigenvalue weighted by molar-refractivity contribution is -0.669. The van der Waals surface area contributed by atoms with Gasteiger partial charge in [-0.05, 0) is 112 Å². The number of piperidine rings is 2. The Balaban J connectivity index is 1.30. The maximum atomic E-state index is 14.8. The minimum atomic E-state index is -1.34. The zero-order valence-corrected chi connectivity index (χ0v) is 45.1. The first kappa shape index (κ1) is 61.1. The van der Waals surface area contributed by atoms with E-state index in [0.29, 0.717) is 58.2 Å². The number of phenols is 1. The van der Waals surface area contributed by atoms with Crippen molar-refractivity contribution in [1.29, 1.82) is 0 Å². The summed E-state index contributed by atoms with van der Waals surface area (Å²) in [5.41, 5.74) is 10.2. The molecule has 2 saturated carbocycles. The summed E-state index contributed by atoms with van der Waals surface area (Å²) in [5.74, 6) is -8.18. The zero-order chi connectivity index (χ0) is 54.6. The van der Waals surface area contributed by atoms with Gasteiger partial charge in [-0.15, -0.1) is 0 Å². The average Bonchev–Trinajstić information content (AvgIpc) is 3.37. The topological polar surface area (TPSA) is 301 Å². The summed E-state index contributed by atoms with van der Waals surface area (Å²) >= 11 is 0. The van der Waals surface area contributed by atoms with Gasteiger partial charge in [0.15, 0.2) is 0 Å². The number of carbonyl (C=O) groups is 10. The molecule has 1 aromatic carbocycles. The first-order valence-electron chi connectivity index (χ1n) is 28.7. The maximum Gasteiger partial charge on any atom is 0.220 e. The van der Waals surface area contributed by atoms with E-state index in [1.807, 2.05) is 5.32 Å². The molecule has 12 atom stereocenters. The van der Waals surface area contributed by atoms with E-state index in [2.05, 4.69) is 11.1 Å². The van der Waals surface area contributed by atoms with Crippen molar-refractivity contribution >= 4 is 58.1 Å². The van der Waals surface area contributed by atoms with E-state index in [9.17, 15) is 58.2 Å². The highest BCUT2D eigenvalue weighted by atomic mass is 16.4. The fourth-order valence-corrected chi connectivity index (χ4v) is 13.3. The van der Waals surface area contributed by atoms with Crippen LogP contribution in [0.15, 0.2) is 24.3 Å². The lowest BCUT2D eigenvalue weighted by Crippen LogP contribution is -2.88. The molecule has 416 valence electrons. The van der Waals surface area contributed by atoms with Gasteiger partial charge in [0.1, 0.15) is 52.0 Å². The number of carbonyl (C=O) groups excluding carboxylic acids is 10. The number of hydrogen-bond donors (Lipinski definition) is 5. The Hall–Kier alpha value is -4.80. The van der Waals surface area contributed by atoms with Crippen LogP contribution in [0.25, 0.3) is 0 Å². The van der Waals surface area contributed by atoms with Crippen LogP contribution in [0.1, 0.15) is 167 Å². The minimum absolute atomic E-state index is 0.00452. The second-order valence-corrected chi connectivity index (χ2v) is 23.4. The number of primary amides is 1. The number of aliphatic carboxylic acids is 1. The van der Waals surface area contributed by atoms with Crippen LogP contribution in [0.2, 0.25) is 0 Å². The number of carboxylic acid groups (broad SMARTS) is 1. The van der Waals surface area contributed by atoms with Gasteiger partial charge < -0.3 is 41.9 Å². The van der Waals surface area contributed by atoms with Crippen LogP contribution in [0, 0.1) is 71.0 Å². The van der Waals surface area contributed by atoms with Crippen molar-refractivity contribution in [1.82, 2.24) is 0 Å². The number of aromatic hydroxyl groups is 1. The summed E-state index contributed by atoms with van der Waals surface area (Å²) in [6, 6.07) is 6.53. The van der Waals surface area contributed by atoms with Gasteiger partial charge in [-0.2, -0.15) is 0 Å². The van der Waals surface area contributed by atoms with E-state index < -0.39 is 59.7 Å². The molecular weight excluding hydrogens is 957 g/mol. The number of hydrogen-bond acceptors (Lipinski definition) is 12. The third kappa shape index (κ3) is 19.3. The van der Waals surface area contributed by atoms with E-state index in [4.69, 9.17) is 5.73 Å². The Morgan fingerprint density at radius 2 is 1.04 bits per heavy atom. The summed E-state index contributed by atoms with van der Waals surface area (Å²) in [6.45, 7) is 6.24. The zero-order valence-electron chi connectivity index (χ0n) is 45.1. The van der Waals surface area contributed by atoms with E-state index in [1.165, 1.54) is 12.1 Å². The van der Waals surface area contributed by atoms with Gasteiger partial charge in [-0.1, -0.05) is 44.7 Å². The number of carboxylic acids is 1. The molecule has 1 aromatic rings. The number of benzene rings is 1. The van der Waals surface area contributed by atoms with Gasteiger partial charge in [0.05, 0.1) is 44.6 Å². The number of ketones is 8. The van der Waals surface area contributed by atoms with Crippen LogP contribution in [-0.2, 0) is 54.4 Å². The number of phenolic OH excluding ortho intramolecular Hbond substituents is 1. The molecule has 16 nitrogen and oxygen atoms in total. The molecule has 1 amide bonds. The van der Waals surface area contributed by atoms with Gasteiger partial charge >= 0.3 is 0 Å². The van der Waals surface area contributed by atoms with E-state index in [1.54, 1.807) is 26.0 Å². The molecule has 0 aromatic heterocycles. The molecule has 4 aliphatic rings. The summed E-state index contributed by atoms with van der Waals surface area (Å²) in [5, 5.41) is 25.9. The van der Waals surface area contributed by atoms with Crippen LogP contribution in [0.5, 0.6) is 5.75 Å². The molecule has 8 unspecified atom stereocenters. The second kappa shape index (κ2) is 30.8. The Bertz CT molecular complexity index is 2140. The number of rotatable bonds is 33. The molecule has 0 bridgehead atoms. The molecule has 0 radical (unpaired) electrons. The average molecular weight is 1050 g/mol. The van der Waals surface area contributed by atoms with Crippen molar-refractivity contribution in [3.63, 3.8) is 0 Å². The third-order valence-corrected chi connectivity index (χ3v) is 17.7. The smallest absolute Gasteiger partial charge is 0.220 e. The predicted octanol–water partition coefficient (Wildman–Crippen LogP) is 2.55. The SMILES string of the molecule is CC(=O)CC1CCCCC1C(=O)C[C@@H](CCCC[NH3+])C(=O)CC1CC[NH2+]CC1C(=O)C[C@@H](Cc1ccc(O)cc1)C(=O)CC1CCCCC1C(=O)C[C@@H](CCC(=O)[O-])C(=O)CC1CC[NH2+]CC1C(=O)C[C@@H](C)C(N)=O. The molecule has 16 heteroatoms. The van der Waals surface area contributed by atoms with Crippen LogP contribution in [-0.4, -0.2) is 96.0 Å². The molecule has 5 rings (SSSR count). The molecule has 2 saturated heterocycles. The van der Waals surface area contributed by atoms with Crippen molar-refractivity contribution in [2.75, 3.05) is 32.7 Å². The highest BCUT2D eigenvalue weighted by molar-refractivity contribution is 5.94. The van der Waals surface area contributed by atoms with Crippen molar-refractivity contribution in [2.24, 2.45) is 76.7 Å². The van der Waals surface area contributed by atoms with Crippen molar-refractivity contribution < 1.29 is 74.5 Å². The van der Waals surface area contributed by atoms with Crippen LogP contribution in [0.3, 0.4) is 0 Å². The van der Waals surface area contributed by atoms with Crippen LogP contribution in [0.4, 0.5) is 0 Å². The predicted molar refractivity (Wildman–Crippen MR) is 277 cm³/mol. The first-order chi connectivity index (χ1) is 35.8. The van der Waals surface area contributed by atoms with Gasteiger partial charge in [0, 0.05) is 106 Å². The van der Waals surface area contributed by atoms with Crippen LogP contribution >= 0.6 is 0 Å². The lowest BCUT2D eigenvalue weighted by Gasteiger charge is -2.33. The van der Waals surface area contributed by atoms with Crippen molar-refractivity contribution in [3.8, 4) is 5.75 Å². The molecule has 2 aliphatic heterocycles. The van der Waals surface area contributed by atoms with E-state index >= 15 is 0 Å². The van der Waals surface area contributed by atoms with Gasteiger partial charge in [0.2, 0.25) is 5.91 Å². The minimum Gasteiger partial charge on any atom is -0.550 e. The quantitative estimate of drug-likeness (QED) is 0.0635. The summed E-state index contributed by atoms with van der Waals surface area (Å²) < 4.78 is 0. The van der Waals surface area contributed by atoms with Crippen molar-refractivity contribution in [3.05, 3.63) is 29.8 Å². The van der Waals surface area contributed by atoms with Gasteiger partial charge in [0.25, 0.3) is 0 Å². The Morgan fingerprint density at radius 3 is 1.53 bits per heavy atom. The summed E-state index contributed by atoms with van der Waals surface area (Å²) in [7, 11) is 0. The Morgan fingerprint density at radius 1 is 0.600 bits per heavy atom. The van der Waals surface area contributed by atoms with Gasteiger partial charge in [-0.3, -0.25) is 38.4 Å². The molecule has 4 fully saturated rings. The number of quaternary nitrogens is 3. The lowest BCUT2D eigenvalue weighted by atomic mass is 9.70. The first-order valence-corrected chi connectivity index (χ1v) is 28.7. The summed E-state index contributed by atoms with van der Waals surface area (Å²) in [4.78, 5) is 135. The summed E-state index contributed by atoms with van der Waals surface area (Å²) in [6.07, 6.45) is 9.56. The molecule has 2 aliphatic carbocycles. The third-order valence-electron chi connectivity index (χ3n) is 17.7. The fourth-order valence-electron chi connectivity index (χ4n) is 13.3. The number of amides is 1. The fraction of sp³-hybridized carbons (Fsp3) is 0.729.